The van der Waals surface area contributed by atoms with Gasteiger partial charge in [-0.2, -0.15) is 4.98 Å². The molecule has 5 rings (SSSR count). The van der Waals surface area contributed by atoms with E-state index in [0.29, 0.717) is 11.7 Å². The van der Waals surface area contributed by atoms with Crippen molar-refractivity contribution in [3.05, 3.63) is 47.7 Å². The normalized spacial score (nSPS) is 20.5. The van der Waals surface area contributed by atoms with Crippen LogP contribution >= 0.6 is 0 Å². The Morgan fingerprint density at radius 1 is 1.24 bits per heavy atom. The number of carbonyl (C=O) groups excluding carboxylic acids is 1. The van der Waals surface area contributed by atoms with Crippen molar-refractivity contribution in [1.82, 2.24) is 19.6 Å². The molecule has 0 unspecified atom stereocenters. The minimum absolute atomic E-state index is 0.0528. The van der Waals surface area contributed by atoms with Crippen LogP contribution in [0.3, 0.4) is 0 Å². The number of carbonyl (C=O) groups is 1. The van der Waals surface area contributed by atoms with Gasteiger partial charge in [0.2, 0.25) is 5.89 Å². The molecule has 0 spiro atoms. The molecule has 6 heteroatoms. The number of hydrogen-bond donors (Lipinski definition) is 0. The summed E-state index contributed by atoms with van der Waals surface area (Å²) in [6.45, 7) is 0.736. The first-order chi connectivity index (χ1) is 12.2. The van der Waals surface area contributed by atoms with Crippen LogP contribution in [0.1, 0.15) is 59.7 Å². The molecule has 0 N–H and O–H groups in total. The molecule has 1 aliphatic carbocycles. The van der Waals surface area contributed by atoms with E-state index in [0.717, 1.165) is 54.6 Å². The van der Waals surface area contributed by atoms with Crippen LogP contribution in [0.15, 0.2) is 35.0 Å². The average Bonchev–Trinajstić information content (AvgIpc) is 3.07. The molecule has 1 saturated heterocycles. The van der Waals surface area contributed by atoms with E-state index in [1.54, 1.807) is 0 Å². The Kier molecular flexibility index (Phi) is 3.20. The van der Waals surface area contributed by atoms with E-state index >= 15 is 0 Å². The lowest BCUT2D eigenvalue weighted by Crippen LogP contribution is -2.31. The van der Waals surface area contributed by atoms with Crippen molar-refractivity contribution in [3.63, 3.8) is 0 Å². The fourth-order valence-corrected chi connectivity index (χ4v) is 3.82. The molecule has 2 aromatic heterocycles. The number of aryl methyl sites for hydroxylation is 1. The lowest BCUT2D eigenvalue weighted by Gasteiger charge is -2.21. The van der Waals surface area contributed by atoms with Crippen LogP contribution in [0.4, 0.5) is 0 Å². The number of hydrogen-bond acceptors (Lipinski definition) is 4. The molecule has 0 bridgehead atoms. The molecule has 2 aliphatic rings. The second-order valence-electron chi connectivity index (χ2n) is 7.09. The van der Waals surface area contributed by atoms with E-state index in [1.165, 1.54) is 0 Å². The van der Waals surface area contributed by atoms with Crippen molar-refractivity contribution in [2.24, 2.45) is 7.05 Å². The van der Waals surface area contributed by atoms with Crippen molar-refractivity contribution in [2.45, 2.75) is 37.6 Å². The summed E-state index contributed by atoms with van der Waals surface area (Å²) in [6.07, 6.45) is 6.04. The van der Waals surface area contributed by atoms with Gasteiger partial charge in [-0.1, -0.05) is 23.4 Å². The smallest absolute Gasteiger partial charge is 0.256 e. The molecule has 2 fully saturated rings. The molecule has 3 heterocycles. The molecular weight excluding hydrogens is 316 g/mol. The van der Waals surface area contributed by atoms with Crippen LogP contribution in [0.2, 0.25) is 0 Å². The summed E-state index contributed by atoms with van der Waals surface area (Å²) >= 11 is 0. The zero-order valence-electron chi connectivity index (χ0n) is 14.2. The summed E-state index contributed by atoms with van der Waals surface area (Å²) in [7, 11) is 1.97. The van der Waals surface area contributed by atoms with Crippen molar-refractivity contribution in [1.29, 1.82) is 0 Å². The highest BCUT2D eigenvalue weighted by Gasteiger charge is 2.37. The minimum Gasteiger partial charge on any atom is -0.350 e. The third kappa shape index (κ3) is 2.35. The zero-order chi connectivity index (χ0) is 17.0. The van der Waals surface area contributed by atoms with Crippen molar-refractivity contribution in [3.8, 4) is 0 Å². The largest absolute Gasteiger partial charge is 0.350 e. The van der Waals surface area contributed by atoms with Gasteiger partial charge < -0.3 is 14.0 Å². The Morgan fingerprint density at radius 2 is 2.08 bits per heavy atom. The van der Waals surface area contributed by atoms with Gasteiger partial charge in [0, 0.05) is 36.6 Å². The monoisotopic (exact) mass is 336 g/mol. The summed E-state index contributed by atoms with van der Waals surface area (Å²) < 4.78 is 7.41. The van der Waals surface area contributed by atoms with Crippen LogP contribution in [-0.4, -0.2) is 32.1 Å². The molecule has 6 nitrogen and oxygen atoms in total. The van der Waals surface area contributed by atoms with Crippen LogP contribution in [0.25, 0.3) is 10.9 Å². The first-order valence-electron chi connectivity index (χ1n) is 8.91. The van der Waals surface area contributed by atoms with Gasteiger partial charge in [-0.3, -0.25) is 4.79 Å². The Morgan fingerprint density at radius 3 is 2.92 bits per heavy atom. The van der Waals surface area contributed by atoms with Gasteiger partial charge in [-0.25, -0.2) is 0 Å². The van der Waals surface area contributed by atoms with Crippen LogP contribution in [-0.2, 0) is 7.05 Å². The van der Waals surface area contributed by atoms with Gasteiger partial charge in [0.1, 0.15) is 0 Å². The first kappa shape index (κ1) is 14.7. The highest BCUT2D eigenvalue weighted by molar-refractivity contribution is 6.07. The number of fused-ring (bicyclic) bond motifs is 1. The van der Waals surface area contributed by atoms with Gasteiger partial charge in [-0.15, -0.1) is 0 Å². The summed E-state index contributed by atoms with van der Waals surface area (Å²) in [4.78, 5) is 19.7. The third-order valence-electron chi connectivity index (χ3n) is 5.32. The number of para-hydroxylation sites is 1. The Bertz CT molecular complexity index is 953. The Balaban J connectivity index is 1.48. The summed E-state index contributed by atoms with van der Waals surface area (Å²) in [5, 5.41) is 5.16. The maximum atomic E-state index is 13.2. The Labute approximate surface area is 145 Å². The Hall–Kier alpha value is -2.63. The van der Waals surface area contributed by atoms with Gasteiger partial charge in [0.15, 0.2) is 5.82 Å². The van der Waals surface area contributed by atoms with E-state index < -0.39 is 0 Å². The van der Waals surface area contributed by atoms with Crippen molar-refractivity contribution >= 4 is 16.8 Å². The van der Waals surface area contributed by atoms with Crippen LogP contribution in [0.5, 0.6) is 0 Å². The average molecular weight is 336 g/mol. The molecule has 0 radical (unpaired) electrons. The van der Waals surface area contributed by atoms with Gasteiger partial charge in [-0.05, 0) is 31.7 Å². The molecular formula is C19H20N4O2. The number of rotatable bonds is 3. The van der Waals surface area contributed by atoms with Crippen LogP contribution in [0, 0.1) is 0 Å². The number of amides is 1. The molecule has 1 atom stereocenters. The maximum absolute atomic E-state index is 13.2. The molecule has 3 aromatic rings. The topological polar surface area (TPSA) is 64.2 Å². The second-order valence-corrected chi connectivity index (χ2v) is 7.09. The van der Waals surface area contributed by atoms with Gasteiger partial charge in [0.05, 0.1) is 11.6 Å². The fraction of sp³-hybridized carbons (Fsp3) is 0.421. The van der Waals surface area contributed by atoms with Crippen molar-refractivity contribution in [2.75, 3.05) is 6.54 Å². The number of likely N-dealkylation sites (tertiary alicyclic amines) is 1. The van der Waals surface area contributed by atoms with Gasteiger partial charge >= 0.3 is 0 Å². The van der Waals surface area contributed by atoms with E-state index in [-0.39, 0.29) is 11.9 Å². The number of nitrogens with zero attached hydrogens (tertiary/aromatic N) is 4. The molecule has 128 valence electrons. The molecule has 1 saturated carbocycles. The quantitative estimate of drug-likeness (QED) is 0.735. The predicted molar refractivity (Wildman–Crippen MR) is 92.2 cm³/mol. The summed E-state index contributed by atoms with van der Waals surface area (Å²) in [6, 6.07) is 7.93. The lowest BCUT2D eigenvalue weighted by molar-refractivity contribution is 0.0730. The SMILES string of the molecule is Cn1cc(C(=O)N2CCC[C@H]2c2noc(C3CC3)n2)c2ccccc21. The maximum Gasteiger partial charge on any atom is 0.256 e. The third-order valence-corrected chi connectivity index (χ3v) is 5.32. The first-order valence-corrected chi connectivity index (χ1v) is 8.91. The van der Waals surface area contributed by atoms with Gasteiger partial charge in [0.25, 0.3) is 5.91 Å². The lowest BCUT2D eigenvalue weighted by atomic mass is 10.1. The highest BCUT2D eigenvalue weighted by Crippen LogP contribution is 2.40. The molecule has 1 aliphatic heterocycles. The predicted octanol–water partition coefficient (Wildman–Crippen LogP) is 3.42. The molecule has 1 amide bonds. The van der Waals surface area contributed by atoms with E-state index in [1.807, 2.05) is 47.0 Å². The minimum atomic E-state index is -0.0808. The standard InChI is InChI=1S/C19H20N4O2/c1-22-11-14(13-5-2-3-6-15(13)22)19(24)23-10-4-7-16(23)17-20-18(25-21-17)12-8-9-12/h2-3,5-6,11-12,16H,4,7-10H2,1H3/t16-/m0/s1. The summed E-state index contributed by atoms with van der Waals surface area (Å²) in [5.41, 5.74) is 1.81. The second kappa shape index (κ2) is 5.44. The zero-order valence-corrected chi connectivity index (χ0v) is 14.2. The fourth-order valence-electron chi connectivity index (χ4n) is 3.82. The number of aromatic nitrogens is 3. The van der Waals surface area contributed by atoms with E-state index in [9.17, 15) is 4.79 Å². The van der Waals surface area contributed by atoms with Crippen molar-refractivity contribution < 1.29 is 9.32 Å². The van der Waals surface area contributed by atoms with E-state index in [2.05, 4.69) is 10.1 Å². The van der Waals surface area contributed by atoms with Crippen LogP contribution < -0.4 is 0 Å². The molecule has 25 heavy (non-hydrogen) atoms. The number of benzene rings is 1. The molecule has 1 aromatic carbocycles. The van der Waals surface area contributed by atoms with E-state index in [4.69, 9.17) is 4.52 Å². The highest BCUT2D eigenvalue weighted by atomic mass is 16.5. The summed E-state index contributed by atoms with van der Waals surface area (Å²) in [5.74, 6) is 1.88.